The molecule has 0 saturated heterocycles. The standard InChI is InChI=1S/C21H15ClN2O3/c22-16-8-5-7-14(12-16)20-17-9-2-3-10-18(17)21(25)23(20)13-15-6-1-4-11-19(15)24(26)27/h1-12,20H,13H2. The lowest BCUT2D eigenvalue weighted by atomic mass is 9.98. The van der Waals surface area contributed by atoms with Gasteiger partial charge in [-0.15, -0.1) is 0 Å². The fraction of sp³-hybridized carbons (Fsp3) is 0.0952. The number of rotatable bonds is 4. The van der Waals surface area contributed by atoms with E-state index in [1.807, 2.05) is 36.4 Å². The van der Waals surface area contributed by atoms with E-state index in [2.05, 4.69) is 0 Å². The molecule has 0 fully saturated rings. The molecule has 5 nitrogen and oxygen atoms in total. The van der Waals surface area contributed by atoms with Gasteiger partial charge in [0.1, 0.15) is 0 Å². The van der Waals surface area contributed by atoms with Gasteiger partial charge in [0.05, 0.1) is 17.5 Å². The number of carbonyl (C=O) groups excluding carboxylic acids is 1. The van der Waals surface area contributed by atoms with Gasteiger partial charge in [0.25, 0.3) is 11.6 Å². The van der Waals surface area contributed by atoms with Crippen LogP contribution in [0.1, 0.15) is 33.1 Å². The molecular weight excluding hydrogens is 364 g/mol. The van der Waals surface area contributed by atoms with Crippen molar-refractivity contribution in [3.8, 4) is 0 Å². The average molecular weight is 379 g/mol. The van der Waals surface area contributed by atoms with Gasteiger partial charge < -0.3 is 4.90 Å². The predicted molar refractivity (Wildman–Crippen MR) is 103 cm³/mol. The van der Waals surface area contributed by atoms with E-state index in [4.69, 9.17) is 11.6 Å². The molecule has 1 aliphatic heterocycles. The number of hydrogen-bond acceptors (Lipinski definition) is 3. The fourth-order valence-electron chi connectivity index (χ4n) is 3.58. The highest BCUT2D eigenvalue weighted by molar-refractivity contribution is 6.30. The third-order valence-electron chi connectivity index (χ3n) is 4.75. The molecule has 0 bridgehead atoms. The van der Waals surface area contributed by atoms with Crippen molar-refractivity contribution in [3.05, 3.63) is 110 Å². The van der Waals surface area contributed by atoms with E-state index in [1.165, 1.54) is 6.07 Å². The Balaban J connectivity index is 1.81. The number of carbonyl (C=O) groups is 1. The van der Waals surface area contributed by atoms with Crippen LogP contribution in [0.4, 0.5) is 5.69 Å². The number of nitro groups is 1. The Bertz CT molecular complexity index is 1050. The summed E-state index contributed by atoms with van der Waals surface area (Å²) in [7, 11) is 0. The van der Waals surface area contributed by atoms with Crippen molar-refractivity contribution in [1.82, 2.24) is 4.90 Å². The van der Waals surface area contributed by atoms with Gasteiger partial charge in [-0.3, -0.25) is 14.9 Å². The van der Waals surface area contributed by atoms with Crippen molar-refractivity contribution < 1.29 is 9.72 Å². The molecule has 3 aromatic carbocycles. The van der Waals surface area contributed by atoms with Crippen molar-refractivity contribution in [1.29, 1.82) is 0 Å². The second-order valence-corrected chi connectivity index (χ2v) is 6.80. The molecular formula is C21H15ClN2O3. The van der Waals surface area contributed by atoms with Gasteiger partial charge in [0.15, 0.2) is 0 Å². The van der Waals surface area contributed by atoms with Crippen LogP contribution in [0.15, 0.2) is 72.8 Å². The Kier molecular flexibility index (Phi) is 4.38. The fourth-order valence-corrected chi connectivity index (χ4v) is 3.77. The first-order chi connectivity index (χ1) is 13.1. The molecule has 134 valence electrons. The van der Waals surface area contributed by atoms with E-state index in [0.29, 0.717) is 16.1 Å². The van der Waals surface area contributed by atoms with Crippen LogP contribution in [0.2, 0.25) is 5.02 Å². The highest BCUT2D eigenvalue weighted by Crippen LogP contribution is 2.40. The summed E-state index contributed by atoms with van der Waals surface area (Å²) in [5, 5.41) is 12.0. The maximum absolute atomic E-state index is 13.1. The number of halogens is 1. The zero-order valence-electron chi connectivity index (χ0n) is 14.2. The number of nitrogens with zero attached hydrogens (tertiary/aromatic N) is 2. The molecule has 1 heterocycles. The van der Waals surface area contributed by atoms with Crippen molar-refractivity contribution >= 4 is 23.2 Å². The molecule has 4 rings (SSSR count). The topological polar surface area (TPSA) is 63.5 Å². The molecule has 0 radical (unpaired) electrons. The summed E-state index contributed by atoms with van der Waals surface area (Å²) in [5.74, 6) is -0.145. The quantitative estimate of drug-likeness (QED) is 0.474. The Labute approximate surface area is 161 Å². The lowest BCUT2D eigenvalue weighted by Crippen LogP contribution is -2.28. The molecule has 0 aliphatic carbocycles. The van der Waals surface area contributed by atoms with Crippen molar-refractivity contribution in [2.24, 2.45) is 0 Å². The normalized spacial score (nSPS) is 15.7. The highest BCUT2D eigenvalue weighted by Gasteiger charge is 2.38. The van der Waals surface area contributed by atoms with E-state index in [9.17, 15) is 14.9 Å². The number of benzene rings is 3. The highest BCUT2D eigenvalue weighted by atomic mass is 35.5. The first-order valence-electron chi connectivity index (χ1n) is 8.44. The van der Waals surface area contributed by atoms with E-state index in [1.54, 1.807) is 35.2 Å². The monoisotopic (exact) mass is 378 g/mol. The zero-order valence-corrected chi connectivity index (χ0v) is 15.0. The van der Waals surface area contributed by atoms with Gasteiger partial charge in [-0.2, -0.15) is 0 Å². The summed E-state index contributed by atoms with van der Waals surface area (Å²) in [4.78, 5) is 25.7. The van der Waals surface area contributed by atoms with Gasteiger partial charge in [0, 0.05) is 22.2 Å². The molecule has 27 heavy (non-hydrogen) atoms. The van der Waals surface area contributed by atoms with Crippen LogP contribution in [0.5, 0.6) is 0 Å². The molecule has 1 amide bonds. The second-order valence-electron chi connectivity index (χ2n) is 6.36. The van der Waals surface area contributed by atoms with Crippen molar-refractivity contribution in [3.63, 3.8) is 0 Å². The number of para-hydroxylation sites is 1. The van der Waals surface area contributed by atoms with Crippen LogP contribution in [0.3, 0.4) is 0 Å². The Morgan fingerprint density at radius 3 is 2.52 bits per heavy atom. The molecule has 1 aliphatic rings. The smallest absolute Gasteiger partial charge is 0.274 e. The van der Waals surface area contributed by atoms with E-state index in [0.717, 1.165) is 11.1 Å². The molecule has 3 aromatic rings. The van der Waals surface area contributed by atoms with Crippen molar-refractivity contribution in [2.75, 3.05) is 0 Å². The van der Waals surface area contributed by atoms with Crippen LogP contribution < -0.4 is 0 Å². The van der Waals surface area contributed by atoms with Crippen molar-refractivity contribution in [2.45, 2.75) is 12.6 Å². The Hall–Kier alpha value is -3.18. The van der Waals surface area contributed by atoms with Gasteiger partial charge >= 0.3 is 0 Å². The van der Waals surface area contributed by atoms with Gasteiger partial charge in [-0.25, -0.2) is 0 Å². The minimum absolute atomic E-state index is 0.00565. The summed E-state index contributed by atoms with van der Waals surface area (Å²) in [6, 6.07) is 20.9. The number of amides is 1. The van der Waals surface area contributed by atoms with Crippen LogP contribution in [0.25, 0.3) is 0 Å². The summed E-state index contributed by atoms with van der Waals surface area (Å²) in [6.45, 7) is 0.141. The minimum Gasteiger partial charge on any atom is -0.323 e. The molecule has 1 atom stereocenters. The molecule has 0 N–H and O–H groups in total. The number of nitro benzene ring substituents is 1. The minimum atomic E-state index is -0.419. The molecule has 0 spiro atoms. The van der Waals surface area contributed by atoms with Crippen LogP contribution >= 0.6 is 11.6 Å². The lowest BCUT2D eigenvalue weighted by molar-refractivity contribution is -0.385. The molecule has 1 unspecified atom stereocenters. The summed E-state index contributed by atoms with van der Waals surface area (Å²) in [5.41, 5.74) is 2.87. The van der Waals surface area contributed by atoms with Crippen LogP contribution in [-0.4, -0.2) is 15.7 Å². The summed E-state index contributed by atoms with van der Waals surface area (Å²) in [6.07, 6.45) is 0. The Morgan fingerprint density at radius 1 is 1.00 bits per heavy atom. The van der Waals surface area contributed by atoms with Gasteiger partial charge in [-0.05, 0) is 29.3 Å². The average Bonchev–Trinajstić information content (AvgIpc) is 2.94. The van der Waals surface area contributed by atoms with Crippen LogP contribution in [0, 0.1) is 10.1 Å². The third-order valence-corrected chi connectivity index (χ3v) is 4.99. The summed E-state index contributed by atoms with van der Waals surface area (Å²) >= 11 is 6.17. The number of hydrogen-bond donors (Lipinski definition) is 0. The van der Waals surface area contributed by atoms with Gasteiger partial charge in [0.2, 0.25) is 0 Å². The first kappa shape index (κ1) is 17.2. The SMILES string of the molecule is O=C1c2ccccc2C(c2cccc(Cl)c2)N1Cc1ccccc1[N+](=O)[O-]. The Morgan fingerprint density at radius 2 is 1.74 bits per heavy atom. The van der Waals surface area contributed by atoms with Crippen LogP contribution in [-0.2, 0) is 6.54 Å². The largest absolute Gasteiger partial charge is 0.323 e. The maximum Gasteiger partial charge on any atom is 0.274 e. The molecule has 0 aromatic heterocycles. The number of fused-ring (bicyclic) bond motifs is 1. The lowest BCUT2D eigenvalue weighted by Gasteiger charge is -2.26. The third kappa shape index (κ3) is 3.06. The van der Waals surface area contributed by atoms with E-state index >= 15 is 0 Å². The second kappa shape index (κ2) is 6.85. The maximum atomic E-state index is 13.1. The molecule has 0 saturated carbocycles. The molecule has 6 heteroatoms. The zero-order chi connectivity index (χ0) is 19.0. The van der Waals surface area contributed by atoms with E-state index < -0.39 is 4.92 Å². The van der Waals surface area contributed by atoms with E-state index in [-0.39, 0.29) is 24.2 Å². The van der Waals surface area contributed by atoms with Gasteiger partial charge in [-0.1, -0.05) is 60.1 Å². The summed E-state index contributed by atoms with van der Waals surface area (Å²) < 4.78 is 0. The first-order valence-corrected chi connectivity index (χ1v) is 8.81. The predicted octanol–water partition coefficient (Wildman–Crippen LogP) is 4.99.